The lowest BCUT2D eigenvalue weighted by Gasteiger charge is -2.11. The second-order valence-electron chi connectivity index (χ2n) is 4.77. The summed E-state index contributed by atoms with van der Waals surface area (Å²) in [4.78, 5) is 4.41. The summed E-state index contributed by atoms with van der Waals surface area (Å²) in [6.07, 6.45) is 1.29. The maximum atomic E-state index is 5.28. The summed E-state index contributed by atoms with van der Waals surface area (Å²) in [6, 6.07) is 8.01. The average molecular weight is 291 g/mol. The molecule has 0 fully saturated rings. The highest BCUT2D eigenvalue weighted by Gasteiger charge is 2.13. The Hall–Kier alpha value is -1.92. The van der Waals surface area contributed by atoms with Gasteiger partial charge in [0.1, 0.15) is 5.75 Å². The van der Waals surface area contributed by atoms with E-state index in [4.69, 9.17) is 14.0 Å². The first-order valence-corrected chi connectivity index (χ1v) is 6.85. The molecule has 0 spiro atoms. The molecule has 0 saturated carbocycles. The summed E-state index contributed by atoms with van der Waals surface area (Å²) in [7, 11) is 5.21. The van der Waals surface area contributed by atoms with E-state index < -0.39 is 0 Å². The van der Waals surface area contributed by atoms with E-state index in [0.717, 1.165) is 11.3 Å². The molecule has 1 aromatic carbocycles. The van der Waals surface area contributed by atoms with E-state index in [9.17, 15) is 0 Å². The molecule has 0 radical (unpaired) electrons. The van der Waals surface area contributed by atoms with Crippen molar-refractivity contribution in [2.75, 3.05) is 27.9 Å². The fourth-order valence-electron chi connectivity index (χ4n) is 2.03. The first kappa shape index (κ1) is 15.5. The van der Waals surface area contributed by atoms with E-state index >= 15 is 0 Å². The predicted octanol–water partition coefficient (Wildman–Crippen LogP) is 1.45. The fourth-order valence-corrected chi connectivity index (χ4v) is 2.03. The van der Waals surface area contributed by atoms with Crippen LogP contribution in [0.15, 0.2) is 28.8 Å². The van der Waals surface area contributed by atoms with Gasteiger partial charge in [-0.3, -0.25) is 0 Å². The van der Waals surface area contributed by atoms with Crippen LogP contribution in [0.25, 0.3) is 0 Å². The molecule has 0 aliphatic heterocycles. The van der Waals surface area contributed by atoms with Gasteiger partial charge >= 0.3 is 0 Å². The van der Waals surface area contributed by atoms with Crippen molar-refractivity contribution in [1.82, 2.24) is 15.5 Å². The van der Waals surface area contributed by atoms with Crippen LogP contribution in [0.4, 0.5) is 0 Å². The lowest BCUT2D eigenvalue weighted by atomic mass is 10.1. The molecule has 0 amide bonds. The van der Waals surface area contributed by atoms with Gasteiger partial charge in [0.25, 0.3) is 0 Å². The highest BCUT2D eigenvalue weighted by atomic mass is 16.5. The number of aromatic nitrogens is 2. The third kappa shape index (κ3) is 4.54. The zero-order valence-corrected chi connectivity index (χ0v) is 12.6. The molecule has 1 atom stereocenters. The Morgan fingerprint density at radius 1 is 1.24 bits per heavy atom. The molecule has 0 aliphatic rings. The molecule has 2 aromatic rings. The molecule has 21 heavy (non-hydrogen) atoms. The van der Waals surface area contributed by atoms with Gasteiger partial charge in [0.2, 0.25) is 5.89 Å². The van der Waals surface area contributed by atoms with Gasteiger partial charge in [0.15, 0.2) is 5.82 Å². The molecule has 6 nitrogen and oxygen atoms in total. The van der Waals surface area contributed by atoms with Crippen LogP contribution in [0, 0.1) is 0 Å². The van der Waals surface area contributed by atoms with Crippen LogP contribution in [0.2, 0.25) is 0 Å². The minimum absolute atomic E-state index is 0.171. The quantitative estimate of drug-likeness (QED) is 0.794. The Kier molecular flexibility index (Phi) is 5.71. The Labute approximate surface area is 124 Å². The van der Waals surface area contributed by atoms with Crippen LogP contribution in [0.5, 0.6) is 5.75 Å². The second-order valence-corrected chi connectivity index (χ2v) is 4.77. The Morgan fingerprint density at radius 2 is 2.00 bits per heavy atom. The van der Waals surface area contributed by atoms with Crippen molar-refractivity contribution in [3.05, 3.63) is 41.5 Å². The smallest absolute Gasteiger partial charge is 0.228 e. The van der Waals surface area contributed by atoms with E-state index in [1.807, 2.05) is 31.3 Å². The molecule has 1 heterocycles. The summed E-state index contributed by atoms with van der Waals surface area (Å²) in [6.45, 7) is 0.604. The Balaban J connectivity index is 1.95. The van der Waals surface area contributed by atoms with E-state index in [2.05, 4.69) is 15.5 Å². The summed E-state index contributed by atoms with van der Waals surface area (Å²) < 4.78 is 15.5. The SMILES string of the molecule is CNC(COC)Cc1nc(Cc2ccc(OC)cc2)no1. The minimum atomic E-state index is 0.171. The lowest BCUT2D eigenvalue weighted by molar-refractivity contribution is 0.165. The van der Waals surface area contributed by atoms with Crippen molar-refractivity contribution < 1.29 is 14.0 Å². The summed E-state index contributed by atoms with van der Waals surface area (Å²) in [5.41, 5.74) is 1.12. The molecule has 114 valence electrons. The van der Waals surface area contributed by atoms with Gasteiger partial charge in [-0.2, -0.15) is 4.98 Å². The molecule has 0 saturated heterocycles. The van der Waals surface area contributed by atoms with E-state index in [1.54, 1.807) is 14.2 Å². The zero-order valence-electron chi connectivity index (χ0n) is 12.6. The van der Waals surface area contributed by atoms with Crippen molar-refractivity contribution in [3.8, 4) is 5.75 Å². The predicted molar refractivity (Wildman–Crippen MR) is 78.5 cm³/mol. The molecule has 0 bridgehead atoms. The van der Waals surface area contributed by atoms with Crippen molar-refractivity contribution in [1.29, 1.82) is 0 Å². The van der Waals surface area contributed by atoms with Crippen molar-refractivity contribution in [2.24, 2.45) is 0 Å². The average Bonchev–Trinajstić information content (AvgIpc) is 2.94. The largest absolute Gasteiger partial charge is 0.497 e. The van der Waals surface area contributed by atoms with Gasteiger partial charge in [0, 0.05) is 26.0 Å². The van der Waals surface area contributed by atoms with Gasteiger partial charge < -0.3 is 19.3 Å². The monoisotopic (exact) mass is 291 g/mol. The number of methoxy groups -OCH3 is 2. The highest BCUT2D eigenvalue weighted by molar-refractivity contribution is 5.28. The minimum Gasteiger partial charge on any atom is -0.497 e. The molecule has 1 N–H and O–H groups in total. The number of rotatable bonds is 8. The fraction of sp³-hybridized carbons (Fsp3) is 0.467. The topological polar surface area (TPSA) is 69.4 Å². The molecule has 1 aromatic heterocycles. The van der Waals surface area contributed by atoms with Crippen LogP contribution < -0.4 is 10.1 Å². The van der Waals surface area contributed by atoms with Crippen LogP contribution >= 0.6 is 0 Å². The van der Waals surface area contributed by atoms with Crippen LogP contribution in [-0.4, -0.2) is 44.1 Å². The lowest BCUT2D eigenvalue weighted by Crippen LogP contribution is -2.32. The zero-order chi connectivity index (χ0) is 15.1. The summed E-state index contributed by atoms with van der Waals surface area (Å²) in [5.74, 6) is 2.14. The normalized spacial score (nSPS) is 12.3. The molecule has 0 aliphatic carbocycles. The third-order valence-electron chi connectivity index (χ3n) is 3.23. The van der Waals surface area contributed by atoms with Gasteiger partial charge in [-0.15, -0.1) is 0 Å². The number of nitrogens with zero attached hydrogens (tertiary/aromatic N) is 2. The van der Waals surface area contributed by atoms with Crippen LogP contribution in [-0.2, 0) is 17.6 Å². The summed E-state index contributed by atoms with van der Waals surface area (Å²) in [5, 5.41) is 7.17. The third-order valence-corrected chi connectivity index (χ3v) is 3.23. The van der Waals surface area contributed by atoms with Crippen molar-refractivity contribution in [3.63, 3.8) is 0 Å². The van der Waals surface area contributed by atoms with E-state index in [-0.39, 0.29) is 6.04 Å². The standard InChI is InChI=1S/C15H21N3O3/c1-16-12(10-19-2)9-15-17-14(18-21-15)8-11-4-6-13(20-3)7-5-11/h4-7,12,16H,8-10H2,1-3H3. The second kappa shape index (κ2) is 7.75. The number of nitrogens with one attached hydrogen (secondary N) is 1. The van der Waals surface area contributed by atoms with Crippen LogP contribution in [0.3, 0.4) is 0 Å². The van der Waals surface area contributed by atoms with Crippen molar-refractivity contribution in [2.45, 2.75) is 18.9 Å². The molecule has 6 heteroatoms. The Bertz CT molecular complexity index is 539. The molecule has 2 rings (SSSR count). The van der Waals surface area contributed by atoms with Gasteiger partial charge in [-0.1, -0.05) is 17.3 Å². The van der Waals surface area contributed by atoms with Gasteiger partial charge in [-0.25, -0.2) is 0 Å². The van der Waals surface area contributed by atoms with Gasteiger partial charge in [-0.05, 0) is 24.7 Å². The maximum absolute atomic E-state index is 5.28. The highest BCUT2D eigenvalue weighted by Crippen LogP contribution is 2.14. The number of hydrogen-bond acceptors (Lipinski definition) is 6. The molecular weight excluding hydrogens is 270 g/mol. The molecular formula is C15H21N3O3. The Morgan fingerprint density at radius 3 is 2.62 bits per heavy atom. The van der Waals surface area contributed by atoms with Crippen LogP contribution in [0.1, 0.15) is 17.3 Å². The van der Waals surface area contributed by atoms with E-state index in [0.29, 0.717) is 31.2 Å². The van der Waals surface area contributed by atoms with Gasteiger partial charge in [0.05, 0.1) is 13.7 Å². The number of ether oxygens (including phenoxy) is 2. The number of hydrogen-bond donors (Lipinski definition) is 1. The van der Waals surface area contributed by atoms with E-state index in [1.165, 1.54) is 0 Å². The summed E-state index contributed by atoms with van der Waals surface area (Å²) >= 11 is 0. The maximum Gasteiger partial charge on any atom is 0.228 e. The molecule has 1 unspecified atom stereocenters. The number of likely N-dealkylation sites (N-methyl/N-ethyl adjacent to an activating group) is 1. The van der Waals surface area contributed by atoms with Crippen molar-refractivity contribution >= 4 is 0 Å². The first-order valence-electron chi connectivity index (χ1n) is 6.85. The number of benzene rings is 1. The first-order chi connectivity index (χ1) is 10.2.